The third-order valence-electron chi connectivity index (χ3n) is 7.68. The zero-order valence-corrected chi connectivity index (χ0v) is 26.4. The second kappa shape index (κ2) is 13.0. The van der Waals surface area contributed by atoms with Gasteiger partial charge in [-0.1, -0.05) is 38.1 Å². The number of carbonyl (C=O) groups excluding carboxylic acids is 1. The Kier molecular flexibility index (Phi) is 9.70. The predicted molar refractivity (Wildman–Crippen MR) is 171 cm³/mol. The molecule has 0 fully saturated rings. The minimum atomic E-state index is -5.08. The van der Waals surface area contributed by atoms with E-state index in [-0.39, 0.29) is 35.5 Å². The number of rotatable bonds is 0. The Balaban J connectivity index is 0.000000180. The largest absolute Gasteiger partial charge is 0.490 e. The van der Waals surface area contributed by atoms with Gasteiger partial charge in [0.05, 0.1) is 5.69 Å². The molecule has 2 aliphatic rings. The molecular formula is C34H35F5N4O4. The molecule has 0 saturated heterocycles. The number of benzene rings is 4. The lowest BCUT2D eigenvalue weighted by Gasteiger charge is -2.25. The van der Waals surface area contributed by atoms with Crippen LogP contribution in [0.15, 0.2) is 60.7 Å². The van der Waals surface area contributed by atoms with E-state index >= 15 is 0 Å². The fraction of sp³-hybridized carbons (Fsp3) is 0.324. The summed E-state index contributed by atoms with van der Waals surface area (Å²) >= 11 is 0. The van der Waals surface area contributed by atoms with Crippen LogP contribution in [0.3, 0.4) is 0 Å². The predicted octanol–water partition coefficient (Wildman–Crippen LogP) is 8.27. The maximum atomic E-state index is 14.0. The molecule has 6 rings (SSSR count). The van der Waals surface area contributed by atoms with Crippen molar-refractivity contribution in [3.8, 4) is 0 Å². The van der Waals surface area contributed by atoms with Gasteiger partial charge in [-0.2, -0.15) is 13.2 Å². The first-order valence-corrected chi connectivity index (χ1v) is 14.7. The van der Waals surface area contributed by atoms with Crippen molar-refractivity contribution < 1.29 is 41.4 Å². The molecule has 0 spiro atoms. The minimum Gasteiger partial charge on any atom is -0.475 e. The minimum absolute atomic E-state index is 0.0383. The van der Waals surface area contributed by atoms with E-state index in [0.717, 1.165) is 33.3 Å². The highest BCUT2D eigenvalue weighted by molar-refractivity contribution is 6.01. The Bertz CT molecular complexity index is 1850. The molecule has 2 atom stereocenters. The zero-order chi connectivity index (χ0) is 35.0. The summed E-state index contributed by atoms with van der Waals surface area (Å²) in [6, 6.07) is 17.4. The number of hydrogen-bond acceptors (Lipinski definition) is 4. The summed E-state index contributed by atoms with van der Waals surface area (Å²) in [5.41, 5.74) is 8.89. The number of guanidine groups is 1. The van der Waals surface area contributed by atoms with Gasteiger partial charge in [0.1, 0.15) is 17.2 Å². The summed E-state index contributed by atoms with van der Waals surface area (Å²) in [5.74, 6) is -2.77. The van der Waals surface area contributed by atoms with Gasteiger partial charge < -0.3 is 20.5 Å². The molecule has 1 amide bonds. The molecule has 0 aliphatic carbocycles. The molecule has 8 nitrogen and oxygen atoms in total. The van der Waals surface area contributed by atoms with E-state index < -0.39 is 17.7 Å². The van der Waals surface area contributed by atoms with Crippen molar-refractivity contribution in [1.29, 1.82) is 5.41 Å². The third-order valence-corrected chi connectivity index (χ3v) is 7.68. The maximum absolute atomic E-state index is 14.0. The van der Waals surface area contributed by atoms with Crippen LogP contribution in [0.25, 0.3) is 21.5 Å². The molecule has 2 unspecified atom stereocenters. The number of halogens is 5. The summed E-state index contributed by atoms with van der Waals surface area (Å²) in [6.07, 6.45) is -5.44. The number of carbonyl (C=O) groups is 2. The molecule has 250 valence electrons. The second-order valence-electron chi connectivity index (χ2n) is 12.4. The fourth-order valence-electron chi connectivity index (χ4n) is 5.81. The Labute approximate surface area is 268 Å². The Hall–Kier alpha value is -4.94. The van der Waals surface area contributed by atoms with Crippen LogP contribution in [-0.2, 0) is 9.53 Å². The van der Waals surface area contributed by atoms with Crippen molar-refractivity contribution >= 4 is 50.9 Å². The van der Waals surface area contributed by atoms with Crippen molar-refractivity contribution in [2.45, 2.75) is 58.2 Å². The van der Waals surface area contributed by atoms with Crippen LogP contribution in [0, 0.1) is 17.0 Å². The molecule has 0 radical (unpaired) electrons. The average Bonchev–Trinajstić information content (AvgIpc) is 3.50. The van der Waals surface area contributed by atoms with E-state index in [9.17, 15) is 26.7 Å². The first kappa shape index (κ1) is 34.9. The second-order valence-corrected chi connectivity index (χ2v) is 12.4. The number of anilines is 2. The SMILES string of the molecule is CC1CN(C(=N)N)c2ccc3c(F)cccc3c21.CC1CN(C(=O)OC(C)(C)C)c2ccc3c(F)cccc3c21.O=C(O)C(F)(F)F. The van der Waals surface area contributed by atoms with Crippen molar-refractivity contribution in [2.24, 2.45) is 5.73 Å². The van der Waals surface area contributed by atoms with Crippen LogP contribution in [0.1, 0.15) is 57.6 Å². The molecular weight excluding hydrogens is 623 g/mol. The van der Waals surface area contributed by atoms with E-state index in [4.69, 9.17) is 25.8 Å². The fourth-order valence-corrected chi connectivity index (χ4v) is 5.81. The number of ether oxygens (including phenoxy) is 1. The molecule has 2 aliphatic heterocycles. The molecule has 0 bridgehead atoms. The summed E-state index contributed by atoms with van der Waals surface area (Å²) < 4.78 is 64.9. The molecule has 4 aromatic rings. The number of amides is 1. The van der Waals surface area contributed by atoms with Crippen LogP contribution in [0.4, 0.5) is 38.1 Å². The van der Waals surface area contributed by atoms with E-state index in [0.29, 0.717) is 23.9 Å². The number of nitrogens with one attached hydrogen (secondary N) is 1. The van der Waals surface area contributed by atoms with Gasteiger partial charge in [0.15, 0.2) is 5.96 Å². The standard InChI is InChI=1S/C18H20FNO2.C14H14FN3.C2HF3O2/c1-11-10-20(17(21)22-18(2,3)4)15-9-8-12-13(16(11)15)6-5-7-14(12)19;1-8-7-18(14(16)17)12-6-5-9-10(13(8)12)3-2-4-11(9)15;3-2(4,5)1(6)7/h5-9,11H,10H2,1-4H3;2-6,8H,7H2,1H3,(H3,16,17);(H,6,7). The van der Waals surface area contributed by atoms with Gasteiger partial charge in [0.2, 0.25) is 0 Å². The van der Waals surface area contributed by atoms with Gasteiger partial charge in [0.25, 0.3) is 0 Å². The van der Waals surface area contributed by atoms with Gasteiger partial charge in [-0.05, 0) is 79.1 Å². The monoisotopic (exact) mass is 658 g/mol. The zero-order valence-electron chi connectivity index (χ0n) is 26.4. The lowest BCUT2D eigenvalue weighted by molar-refractivity contribution is -0.192. The van der Waals surface area contributed by atoms with Gasteiger partial charge in [-0.15, -0.1) is 0 Å². The average molecular weight is 659 g/mol. The van der Waals surface area contributed by atoms with E-state index in [1.165, 1.54) is 12.1 Å². The first-order chi connectivity index (χ1) is 21.8. The summed E-state index contributed by atoms with van der Waals surface area (Å²) in [7, 11) is 0. The molecule has 4 N–H and O–H groups in total. The Morgan fingerprint density at radius 1 is 0.787 bits per heavy atom. The normalized spacial score (nSPS) is 16.9. The quantitative estimate of drug-likeness (QED) is 0.0994. The molecule has 4 aromatic carbocycles. The number of carboxylic acids is 1. The molecule has 47 heavy (non-hydrogen) atoms. The number of alkyl halides is 3. The van der Waals surface area contributed by atoms with Crippen LogP contribution in [-0.4, -0.2) is 48.0 Å². The van der Waals surface area contributed by atoms with Gasteiger partial charge >= 0.3 is 18.2 Å². The van der Waals surface area contributed by atoms with Crippen LogP contribution >= 0.6 is 0 Å². The molecule has 2 heterocycles. The number of nitrogens with two attached hydrogens (primary N) is 1. The number of nitrogens with zero attached hydrogens (tertiary/aromatic N) is 2. The highest BCUT2D eigenvalue weighted by Crippen LogP contribution is 2.43. The maximum Gasteiger partial charge on any atom is 0.490 e. The van der Waals surface area contributed by atoms with Crippen molar-refractivity contribution in [2.75, 3.05) is 22.9 Å². The van der Waals surface area contributed by atoms with Gasteiger partial charge in [-0.25, -0.2) is 18.4 Å². The number of hydrogen-bond donors (Lipinski definition) is 3. The lowest BCUT2D eigenvalue weighted by atomic mass is 9.96. The highest BCUT2D eigenvalue weighted by Gasteiger charge is 2.38. The van der Waals surface area contributed by atoms with E-state index in [1.807, 2.05) is 52.0 Å². The Morgan fingerprint density at radius 3 is 1.57 bits per heavy atom. The van der Waals surface area contributed by atoms with Gasteiger partial charge in [0, 0.05) is 41.4 Å². The molecule has 0 saturated carbocycles. The highest BCUT2D eigenvalue weighted by atomic mass is 19.4. The van der Waals surface area contributed by atoms with Gasteiger partial charge in [-0.3, -0.25) is 10.3 Å². The van der Waals surface area contributed by atoms with Crippen LogP contribution < -0.4 is 15.5 Å². The number of fused-ring (bicyclic) bond motifs is 6. The molecule has 13 heteroatoms. The third kappa shape index (κ3) is 7.39. The lowest BCUT2D eigenvalue weighted by Crippen LogP contribution is -2.36. The summed E-state index contributed by atoms with van der Waals surface area (Å²) in [4.78, 5) is 24.7. The van der Waals surface area contributed by atoms with Crippen molar-refractivity contribution in [3.63, 3.8) is 0 Å². The van der Waals surface area contributed by atoms with Crippen molar-refractivity contribution in [3.05, 3.63) is 83.4 Å². The smallest absolute Gasteiger partial charge is 0.475 e. The van der Waals surface area contributed by atoms with E-state index in [1.54, 1.807) is 34.1 Å². The van der Waals surface area contributed by atoms with E-state index in [2.05, 4.69) is 6.92 Å². The topological polar surface area (TPSA) is 120 Å². The molecule has 0 aromatic heterocycles. The number of aliphatic carboxylic acids is 1. The first-order valence-electron chi connectivity index (χ1n) is 14.7. The van der Waals surface area contributed by atoms with Crippen LogP contribution in [0.5, 0.6) is 0 Å². The van der Waals surface area contributed by atoms with Crippen LogP contribution in [0.2, 0.25) is 0 Å². The number of carboxylic acid groups (broad SMARTS) is 1. The van der Waals surface area contributed by atoms with Crippen molar-refractivity contribution in [1.82, 2.24) is 0 Å². The Morgan fingerprint density at radius 2 is 1.19 bits per heavy atom. The summed E-state index contributed by atoms with van der Waals surface area (Å²) in [6.45, 7) is 10.9. The summed E-state index contributed by atoms with van der Waals surface area (Å²) in [5, 5.41) is 17.7.